The highest BCUT2D eigenvalue weighted by Gasteiger charge is 2.04. The number of para-hydroxylation sites is 1. The summed E-state index contributed by atoms with van der Waals surface area (Å²) in [4.78, 5) is 9.13. The number of pyridine rings is 1. The van der Waals surface area contributed by atoms with E-state index in [4.69, 9.17) is 21.7 Å². The van der Waals surface area contributed by atoms with Crippen LogP contribution in [0.15, 0.2) is 89.9 Å². The minimum atomic E-state index is 0.408. The molecule has 4 aromatic rings. The minimum Gasteiger partial charge on any atom is -0.487 e. The number of ether oxygens (including phenoxy) is 1. The maximum Gasteiger partial charge on any atom is 0.130 e. The summed E-state index contributed by atoms with van der Waals surface area (Å²) in [5.41, 5.74) is 5.05. The molecular weight excluding hydrogens is 430 g/mol. The Kier molecular flexibility index (Phi) is 7.62. The molecule has 4 nitrogen and oxygen atoms in total. The molecule has 0 atom stereocenters. The van der Waals surface area contributed by atoms with Crippen LogP contribution in [0.2, 0.25) is 5.02 Å². The van der Waals surface area contributed by atoms with Crippen molar-refractivity contribution >= 4 is 46.6 Å². The molecule has 0 radical (unpaired) electrons. The maximum atomic E-state index is 7.16. The Morgan fingerprint density at radius 2 is 1.73 bits per heavy atom. The number of fused-ring (bicyclic) bond motifs is 1. The number of hydrogen-bond donors (Lipinski definition) is 1. The van der Waals surface area contributed by atoms with Gasteiger partial charge in [0.1, 0.15) is 12.4 Å². The third-order valence-corrected chi connectivity index (χ3v) is 5.34. The van der Waals surface area contributed by atoms with Gasteiger partial charge in [-0.1, -0.05) is 60.1 Å². The van der Waals surface area contributed by atoms with Gasteiger partial charge in [-0.25, -0.2) is 4.98 Å². The van der Waals surface area contributed by atoms with Gasteiger partial charge in [0.2, 0.25) is 0 Å². The molecule has 3 aromatic carbocycles. The summed E-state index contributed by atoms with van der Waals surface area (Å²) in [6.45, 7) is 0.934. The molecule has 0 saturated carbocycles. The van der Waals surface area contributed by atoms with Gasteiger partial charge in [0.05, 0.1) is 17.8 Å². The lowest BCUT2D eigenvalue weighted by Crippen LogP contribution is -1.98. The fourth-order valence-electron chi connectivity index (χ4n) is 3.38. The molecule has 0 spiro atoms. The summed E-state index contributed by atoms with van der Waals surface area (Å²) in [6, 6.07) is 27.8. The van der Waals surface area contributed by atoms with Gasteiger partial charge in [-0.3, -0.25) is 4.99 Å². The van der Waals surface area contributed by atoms with E-state index in [1.54, 1.807) is 6.21 Å². The summed E-state index contributed by atoms with van der Waals surface area (Å²) < 4.78 is 5.97. The normalized spacial score (nSPS) is 11.7. The van der Waals surface area contributed by atoms with Gasteiger partial charge in [0, 0.05) is 29.3 Å². The van der Waals surface area contributed by atoms with E-state index in [0.717, 1.165) is 39.0 Å². The van der Waals surface area contributed by atoms with Crippen molar-refractivity contribution in [3.05, 3.63) is 107 Å². The van der Waals surface area contributed by atoms with Crippen molar-refractivity contribution in [2.24, 2.45) is 4.99 Å². The Balaban J connectivity index is 1.48. The number of nitrogens with zero attached hydrogens (tertiary/aromatic N) is 2. The molecule has 0 aliphatic rings. The molecule has 0 fully saturated rings. The van der Waals surface area contributed by atoms with Crippen molar-refractivity contribution < 1.29 is 4.74 Å². The average molecular weight is 454 g/mol. The highest BCUT2D eigenvalue weighted by Crippen LogP contribution is 2.23. The van der Waals surface area contributed by atoms with Crippen LogP contribution in [-0.2, 0) is 6.61 Å². The van der Waals surface area contributed by atoms with E-state index in [-0.39, 0.29) is 0 Å². The molecular formula is C28H24ClN3O. The van der Waals surface area contributed by atoms with E-state index in [2.05, 4.69) is 28.2 Å². The van der Waals surface area contributed by atoms with Crippen LogP contribution in [0.3, 0.4) is 0 Å². The van der Waals surface area contributed by atoms with Crippen LogP contribution in [0, 0.1) is 5.41 Å². The Morgan fingerprint density at radius 3 is 2.52 bits per heavy atom. The van der Waals surface area contributed by atoms with Crippen LogP contribution in [0.5, 0.6) is 5.75 Å². The lowest BCUT2D eigenvalue weighted by molar-refractivity contribution is 0.302. The first-order valence-electron chi connectivity index (χ1n) is 10.7. The first-order valence-corrected chi connectivity index (χ1v) is 11.1. The average Bonchev–Trinajstić information content (AvgIpc) is 2.86. The Bertz CT molecular complexity index is 1280. The molecule has 4 rings (SSSR count). The van der Waals surface area contributed by atoms with E-state index >= 15 is 0 Å². The largest absolute Gasteiger partial charge is 0.487 e. The first kappa shape index (κ1) is 22.4. The monoisotopic (exact) mass is 453 g/mol. The van der Waals surface area contributed by atoms with Gasteiger partial charge in [0.15, 0.2) is 0 Å². The topological polar surface area (TPSA) is 58.3 Å². The van der Waals surface area contributed by atoms with E-state index in [1.807, 2.05) is 72.8 Å². The number of nitrogens with one attached hydrogen (secondary N) is 1. The van der Waals surface area contributed by atoms with Crippen molar-refractivity contribution in [3.8, 4) is 5.75 Å². The molecule has 5 heteroatoms. The van der Waals surface area contributed by atoms with E-state index in [0.29, 0.717) is 24.6 Å². The molecule has 0 bridgehead atoms. The third kappa shape index (κ3) is 6.37. The molecule has 1 aromatic heterocycles. The van der Waals surface area contributed by atoms with Gasteiger partial charge in [-0.2, -0.15) is 0 Å². The Hall–Kier alpha value is -3.76. The van der Waals surface area contributed by atoms with Gasteiger partial charge in [-0.15, -0.1) is 0 Å². The molecule has 1 heterocycles. The zero-order chi connectivity index (χ0) is 22.9. The van der Waals surface area contributed by atoms with Crippen molar-refractivity contribution in [2.45, 2.75) is 13.0 Å². The summed E-state index contributed by atoms with van der Waals surface area (Å²) in [5.74, 6) is 0.784. The van der Waals surface area contributed by atoms with E-state index in [1.165, 1.54) is 6.21 Å². The first-order chi connectivity index (χ1) is 16.2. The van der Waals surface area contributed by atoms with Gasteiger partial charge < -0.3 is 10.1 Å². The van der Waals surface area contributed by atoms with Crippen LogP contribution in [0.1, 0.15) is 23.2 Å². The van der Waals surface area contributed by atoms with Gasteiger partial charge >= 0.3 is 0 Å². The highest BCUT2D eigenvalue weighted by atomic mass is 35.5. The summed E-state index contributed by atoms with van der Waals surface area (Å²) in [5, 5.41) is 8.98. The summed E-state index contributed by atoms with van der Waals surface area (Å²) in [6.07, 6.45) is 5.73. The molecule has 164 valence electrons. The van der Waals surface area contributed by atoms with Gasteiger partial charge in [-0.05, 0) is 59.2 Å². The van der Waals surface area contributed by atoms with Crippen LogP contribution < -0.4 is 4.74 Å². The molecule has 0 amide bonds. The molecule has 33 heavy (non-hydrogen) atoms. The predicted octanol–water partition coefficient (Wildman–Crippen LogP) is 7.12. The number of hydrogen-bond acceptors (Lipinski definition) is 4. The second-order valence-corrected chi connectivity index (χ2v) is 7.93. The molecule has 0 saturated heterocycles. The van der Waals surface area contributed by atoms with Crippen molar-refractivity contribution in [3.63, 3.8) is 0 Å². The van der Waals surface area contributed by atoms with Gasteiger partial charge in [0.25, 0.3) is 0 Å². The zero-order valence-corrected chi connectivity index (χ0v) is 18.9. The standard InChI is InChI=1S/C28H24ClN3O/c29-25-11-6-21(7-12-25)18-24(19-31-17-3-16-30)22-9-14-27(15-10-22)33-20-26-13-8-23-4-1-2-5-28(23)32-26/h1-2,4-18,30H,3,19-20H2. The fraction of sp³-hybridized carbons (Fsp3) is 0.107. The summed E-state index contributed by atoms with van der Waals surface area (Å²) >= 11 is 6.02. The maximum absolute atomic E-state index is 7.16. The quantitative estimate of drug-likeness (QED) is 0.216. The van der Waals surface area contributed by atoms with Crippen molar-refractivity contribution in [2.75, 3.05) is 6.54 Å². The fourth-order valence-corrected chi connectivity index (χ4v) is 3.51. The number of aromatic nitrogens is 1. The number of benzene rings is 3. The number of aliphatic imine (C=N–C) groups is 1. The minimum absolute atomic E-state index is 0.408. The van der Waals surface area contributed by atoms with Crippen LogP contribution >= 0.6 is 11.6 Å². The SMILES string of the molecule is N=CCC=NCC(=Cc1ccc(Cl)cc1)c1ccc(OCc2ccc3ccccc3n2)cc1. The lowest BCUT2D eigenvalue weighted by atomic mass is 10.0. The molecule has 0 unspecified atom stereocenters. The number of rotatable bonds is 9. The van der Waals surface area contributed by atoms with E-state index < -0.39 is 0 Å². The second kappa shape index (κ2) is 11.2. The molecule has 0 aliphatic carbocycles. The van der Waals surface area contributed by atoms with Crippen LogP contribution in [0.4, 0.5) is 0 Å². The summed E-state index contributed by atoms with van der Waals surface area (Å²) in [7, 11) is 0. The van der Waals surface area contributed by atoms with E-state index in [9.17, 15) is 0 Å². The Morgan fingerprint density at radius 1 is 0.939 bits per heavy atom. The van der Waals surface area contributed by atoms with Crippen LogP contribution in [0.25, 0.3) is 22.6 Å². The molecule has 1 N–H and O–H groups in total. The Labute approximate surface area is 198 Å². The molecule has 0 aliphatic heterocycles. The zero-order valence-electron chi connectivity index (χ0n) is 18.1. The lowest BCUT2D eigenvalue weighted by Gasteiger charge is -2.10. The van der Waals surface area contributed by atoms with Crippen LogP contribution in [-0.4, -0.2) is 24.0 Å². The smallest absolute Gasteiger partial charge is 0.130 e. The highest BCUT2D eigenvalue weighted by molar-refractivity contribution is 6.30. The third-order valence-electron chi connectivity index (χ3n) is 5.09. The van der Waals surface area contributed by atoms with Crippen molar-refractivity contribution in [1.82, 2.24) is 4.98 Å². The number of halogens is 1. The second-order valence-electron chi connectivity index (χ2n) is 7.49. The van der Waals surface area contributed by atoms with Crippen molar-refractivity contribution in [1.29, 1.82) is 5.41 Å². The predicted molar refractivity (Wildman–Crippen MR) is 139 cm³/mol.